The molecule has 2 fully saturated rings. The van der Waals surface area contributed by atoms with E-state index in [2.05, 4.69) is 56.5 Å². The number of carbonyl (C=O) groups is 1. The van der Waals surface area contributed by atoms with E-state index in [0.29, 0.717) is 25.3 Å². The van der Waals surface area contributed by atoms with Crippen molar-refractivity contribution in [2.75, 3.05) is 62.2 Å². The van der Waals surface area contributed by atoms with Crippen LogP contribution in [0.1, 0.15) is 12.5 Å². The molecule has 0 spiro atoms. The largest absolute Gasteiger partial charge is 0.366 e. The fourth-order valence-electron chi connectivity index (χ4n) is 4.13. The molecule has 4 rings (SSSR count). The zero-order chi connectivity index (χ0) is 22.3. The molecular formula is C24H32FIN6O. The molecule has 7 nitrogen and oxygen atoms in total. The molecule has 1 amide bonds. The first-order valence-electron chi connectivity index (χ1n) is 11.3. The maximum absolute atomic E-state index is 14.1. The number of rotatable bonds is 5. The molecule has 178 valence electrons. The number of halogens is 2. The molecule has 2 aliphatic heterocycles. The highest BCUT2D eigenvalue weighted by Crippen LogP contribution is 2.20. The summed E-state index contributed by atoms with van der Waals surface area (Å²) in [6.07, 6.45) is 0. The maximum Gasteiger partial charge on any atom is 0.239 e. The molecule has 0 unspecified atom stereocenters. The number of benzene rings is 2. The van der Waals surface area contributed by atoms with Crippen LogP contribution < -0.4 is 20.4 Å². The van der Waals surface area contributed by atoms with Crippen molar-refractivity contribution in [3.8, 4) is 0 Å². The molecule has 0 radical (unpaired) electrons. The molecule has 0 aliphatic carbocycles. The van der Waals surface area contributed by atoms with E-state index in [1.165, 1.54) is 6.07 Å². The van der Waals surface area contributed by atoms with Crippen LogP contribution in [0.3, 0.4) is 0 Å². The van der Waals surface area contributed by atoms with E-state index in [0.717, 1.165) is 56.5 Å². The summed E-state index contributed by atoms with van der Waals surface area (Å²) in [5.74, 6) is 0.780. The number of carbonyl (C=O) groups excluding carboxylic acids is 1. The van der Waals surface area contributed by atoms with Crippen LogP contribution in [-0.2, 0) is 11.3 Å². The molecule has 2 saturated heterocycles. The van der Waals surface area contributed by atoms with Crippen LogP contribution in [0.4, 0.5) is 15.8 Å². The number of hydrogen-bond donors (Lipinski definition) is 2. The van der Waals surface area contributed by atoms with E-state index >= 15 is 0 Å². The Labute approximate surface area is 212 Å². The third-order valence-corrected chi connectivity index (χ3v) is 5.86. The Hall–Kier alpha value is -2.56. The molecule has 2 aromatic carbocycles. The number of piperazine rings is 2. The van der Waals surface area contributed by atoms with Crippen molar-refractivity contribution >= 4 is 47.2 Å². The van der Waals surface area contributed by atoms with E-state index in [4.69, 9.17) is 4.99 Å². The van der Waals surface area contributed by atoms with Gasteiger partial charge in [-0.3, -0.25) is 4.79 Å². The molecule has 0 bridgehead atoms. The highest BCUT2D eigenvalue weighted by Gasteiger charge is 2.21. The zero-order valence-corrected chi connectivity index (χ0v) is 21.3. The minimum Gasteiger partial charge on any atom is -0.366 e. The minimum absolute atomic E-state index is 0. The number of nitrogens with zero attached hydrogens (tertiary/aromatic N) is 4. The van der Waals surface area contributed by atoms with Crippen LogP contribution in [0.2, 0.25) is 0 Å². The van der Waals surface area contributed by atoms with Gasteiger partial charge in [0.2, 0.25) is 5.91 Å². The van der Waals surface area contributed by atoms with Gasteiger partial charge in [0.1, 0.15) is 5.82 Å². The Bertz CT molecular complexity index is 946. The van der Waals surface area contributed by atoms with E-state index in [1.54, 1.807) is 6.07 Å². The summed E-state index contributed by atoms with van der Waals surface area (Å²) >= 11 is 0. The number of aliphatic imine (C=N–C) groups is 1. The van der Waals surface area contributed by atoms with E-state index in [9.17, 15) is 9.18 Å². The van der Waals surface area contributed by atoms with E-state index in [-0.39, 0.29) is 35.7 Å². The lowest BCUT2D eigenvalue weighted by atomic mass is 10.2. The molecular weight excluding hydrogens is 534 g/mol. The van der Waals surface area contributed by atoms with Crippen LogP contribution in [0, 0.1) is 5.82 Å². The minimum atomic E-state index is -0.171. The summed E-state index contributed by atoms with van der Waals surface area (Å²) in [6.45, 7) is 8.43. The Kier molecular flexibility index (Phi) is 9.16. The Morgan fingerprint density at radius 1 is 1.03 bits per heavy atom. The number of hydrogen-bond acceptors (Lipinski definition) is 4. The number of nitrogens with one attached hydrogen (secondary N) is 2. The summed E-state index contributed by atoms with van der Waals surface area (Å²) in [5.41, 5.74) is 2.85. The SMILES string of the molecule is CCNC(=NCc1ccc(N2CCNC(=O)C2)cc1)N1CCN(c2ccccc2F)CC1.I. The van der Waals surface area contributed by atoms with Crippen molar-refractivity contribution in [2.24, 2.45) is 4.99 Å². The van der Waals surface area contributed by atoms with Gasteiger partial charge in [-0.15, -0.1) is 24.0 Å². The van der Waals surface area contributed by atoms with E-state index < -0.39 is 0 Å². The second-order valence-electron chi connectivity index (χ2n) is 8.03. The molecule has 33 heavy (non-hydrogen) atoms. The van der Waals surface area contributed by atoms with Crippen LogP contribution in [0.25, 0.3) is 0 Å². The van der Waals surface area contributed by atoms with Crippen molar-refractivity contribution in [1.82, 2.24) is 15.5 Å². The molecule has 2 aromatic rings. The van der Waals surface area contributed by atoms with Crippen LogP contribution in [0.5, 0.6) is 0 Å². The third kappa shape index (κ3) is 6.49. The predicted octanol–water partition coefficient (Wildman–Crippen LogP) is 2.67. The Morgan fingerprint density at radius 2 is 1.76 bits per heavy atom. The van der Waals surface area contributed by atoms with Crippen LogP contribution in [0.15, 0.2) is 53.5 Å². The van der Waals surface area contributed by atoms with Crippen LogP contribution in [-0.4, -0.2) is 69.1 Å². The summed E-state index contributed by atoms with van der Waals surface area (Å²) in [6, 6.07) is 15.2. The van der Waals surface area contributed by atoms with Crippen molar-refractivity contribution in [1.29, 1.82) is 0 Å². The van der Waals surface area contributed by atoms with Gasteiger partial charge in [0.05, 0.1) is 18.8 Å². The first kappa shape index (κ1) is 25.1. The second-order valence-corrected chi connectivity index (χ2v) is 8.03. The van der Waals surface area contributed by atoms with Crippen molar-refractivity contribution in [3.05, 3.63) is 59.9 Å². The quantitative estimate of drug-likeness (QED) is 0.331. The molecule has 0 atom stereocenters. The van der Waals surface area contributed by atoms with E-state index in [1.807, 2.05) is 12.1 Å². The lowest BCUT2D eigenvalue weighted by molar-refractivity contribution is -0.120. The fraction of sp³-hybridized carbons (Fsp3) is 0.417. The summed E-state index contributed by atoms with van der Waals surface area (Å²) in [5, 5.41) is 6.24. The average molecular weight is 566 g/mol. The van der Waals surface area contributed by atoms with Gasteiger partial charge < -0.3 is 25.3 Å². The molecule has 0 aromatic heterocycles. The standard InChI is InChI=1S/C24H31FN6O.HI/c1-2-26-24(30-15-13-29(14-16-30)22-6-4-3-5-21(22)25)28-17-19-7-9-20(10-8-19)31-12-11-27-23(32)18-31;/h3-10H,2,11-18H2,1H3,(H,26,28)(H,27,32);1H. The summed E-state index contributed by atoms with van der Waals surface area (Å²) in [7, 11) is 0. The summed E-state index contributed by atoms with van der Waals surface area (Å²) in [4.78, 5) is 22.9. The average Bonchev–Trinajstić information content (AvgIpc) is 2.83. The fourth-order valence-corrected chi connectivity index (χ4v) is 4.13. The monoisotopic (exact) mass is 566 g/mol. The van der Waals surface area contributed by atoms with Gasteiger partial charge in [-0.05, 0) is 36.8 Å². The van der Waals surface area contributed by atoms with Crippen molar-refractivity contribution in [3.63, 3.8) is 0 Å². The highest BCUT2D eigenvalue weighted by molar-refractivity contribution is 14.0. The number of para-hydroxylation sites is 1. The highest BCUT2D eigenvalue weighted by atomic mass is 127. The van der Waals surface area contributed by atoms with Gasteiger partial charge in [0.15, 0.2) is 5.96 Å². The first-order chi connectivity index (χ1) is 15.6. The Balaban J connectivity index is 0.00000306. The Morgan fingerprint density at radius 3 is 2.42 bits per heavy atom. The van der Waals surface area contributed by atoms with Gasteiger partial charge in [-0.2, -0.15) is 0 Å². The van der Waals surface area contributed by atoms with Crippen molar-refractivity contribution in [2.45, 2.75) is 13.5 Å². The van der Waals surface area contributed by atoms with Crippen molar-refractivity contribution < 1.29 is 9.18 Å². The molecule has 2 N–H and O–H groups in total. The smallest absolute Gasteiger partial charge is 0.239 e. The number of amides is 1. The molecule has 2 aliphatic rings. The lowest BCUT2D eigenvalue weighted by Gasteiger charge is -2.37. The second kappa shape index (κ2) is 12.1. The maximum atomic E-state index is 14.1. The van der Waals surface area contributed by atoms with Gasteiger partial charge in [0, 0.05) is 51.5 Å². The van der Waals surface area contributed by atoms with Gasteiger partial charge in [-0.25, -0.2) is 9.38 Å². The van der Waals surface area contributed by atoms with Crippen LogP contribution >= 0.6 is 24.0 Å². The molecule has 0 saturated carbocycles. The number of anilines is 2. The third-order valence-electron chi connectivity index (χ3n) is 5.86. The normalized spacial score (nSPS) is 16.8. The zero-order valence-electron chi connectivity index (χ0n) is 19.0. The lowest BCUT2D eigenvalue weighted by Crippen LogP contribution is -2.52. The topological polar surface area (TPSA) is 63.2 Å². The predicted molar refractivity (Wildman–Crippen MR) is 142 cm³/mol. The van der Waals surface area contributed by atoms with Gasteiger partial charge in [0.25, 0.3) is 0 Å². The molecule has 9 heteroatoms. The van der Waals surface area contributed by atoms with Gasteiger partial charge >= 0.3 is 0 Å². The molecule has 2 heterocycles. The number of guanidine groups is 1. The first-order valence-corrected chi connectivity index (χ1v) is 11.3. The van der Waals surface area contributed by atoms with Gasteiger partial charge in [-0.1, -0.05) is 24.3 Å². The summed E-state index contributed by atoms with van der Waals surface area (Å²) < 4.78 is 14.1.